The Morgan fingerprint density at radius 2 is 1.73 bits per heavy atom. The molecule has 0 bridgehead atoms. The van der Waals surface area contributed by atoms with Crippen molar-refractivity contribution in [1.82, 2.24) is 14.7 Å². The smallest absolute Gasteiger partial charge is 0.318 e. The first-order valence-corrected chi connectivity index (χ1v) is 13.7. The van der Waals surface area contributed by atoms with Gasteiger partial charge in [-0.25, -0.2) is 0 Å². The summed E-state index contributed by atoms with van der Waals surface area (Å²) < 4.78 is 5.55. The van der Waals surface area contributed by atoms with Gasteiger partial charge in [0.1, 0.15) is 5.41 Å². The van der Waals surface area contributed by atoms with Crippen molar-refractivity contribution in [3.63, 3.8) is 0 Å². The van der Waals surface area contributed by atoms with Crippen LogP contribution in [-0.4, -0.2) is 71.2 Å². The predicted molar refractivity (Wildman–Crippen MR) is 137 cm³/mol. The van der Waals surface area contributed by atoms with E-state index in [1.807, 2.05) is 41.3 Å². The number of fused-ring (bicyclic) bond motifs is 1. The Morgan fingerprint density at radius 1 is 1.03 bits per heavy atom. The van der Waals surface area contributed by atoms with Gasteiger partial charge < -0.3 is 19.4 Å². The van der Waals surface area contributed by atoms with E-state index in [9.17, 15) is 19.2 Å². The number of nitrogens with zero attached hydrogens (tertiary/aromatic N) is 3. The van der Waals surface area contributed by atoms with Crippen LogP contribution in [0, 0.1) is 17.3 Å². The topological polar surface area (TPSA) is 87.2 Å². The second-order valence-electron chi connectivity index (χ2n) is 10.8. The number of hydrogen-bond acceptors (Lipinski definition) is 5. The number of amides is 3. The molecule has 3 fully saturated rings. The zero-order valence-corrected chi connectivity index (χ0v) is 21.7. The summed E-state index contributed by atoms with van der Waals surface area (Å²) in [4.78, 5) is 58.4. The number of carbonyl (C=O) groups is 4. The maximum atomic E-state index is 13.9. The van der Waals surface area contributed by atoms with Crippen molar-refractivity contribution >= 4 is 23.7 Å². The van der Waals surface area contributed by atoms with Crippen molar-refractivity contribution in [3.05, 3.63) is 47.7 Å². The molecule has 2 saturated heterocycles. The Hall–Kier alpha value is -3.16. The van der Waals surface area contributed by atoms with Crippen molar-refractivity contribution in [2.45, 2.75) is 58.4 Å². The first-order valence-electron chi connectivity index (χ1n) is 13.7. The summed E-state index contributed by atoms with van der Waals surface area (Å²) in [6.07, 6.45) is 6.59. The van der Waals surface area contributed by atoms with Crippen LogP contribution in [0.1, 0.15) is 57.4 Å². The molecule has 198 valence electrons. The zero-order chi connectivity index (χ0) is 26.0. The molecular formula is C29H37N3O5. The number of hydrogen-bond donors (Lipinski definition) is 0. The normalized spacial score (nSPS) is 25.9. The molecule has 3 amide bonds. The van der Waals surface area contributed by atoms with E-state index in [0.717, 1.165) is 36.9 Å². The molecule has 5 rings (SSSR count). The molecule has 2 heterocycles. The molecule has 2 aliphatic heterocycles. The lowest BCUT2D eigenvalue weighted by Crippen LogP contribution is -2.55. The van der Waals surface area contributed by atoms with E-state index in [1.54, 1.807) is 16.7 Å². The van der Waals surface area contributed by atoms with Crippen molar-refractivity contribution in [3.8, 4) is 0 Å². The Morgan fingerprint density at radius 3 is 2.41 bits per heavy atom. The molecule has 2 aliphatic carbocycles. The number of piperazine rings is 1. The number of likely N-dealkylation sites (tertiary alicyclic amines) is 1. The van der Waals surface area contributed by atoms with Crippen LogP contribution in [0.3, 0.4) is 0 Å². The Kier molecular flexibility index (Phi) is 7.36. The maximum Gasteiger partial charge on any atom is 0.318 e. The van der Waals surface area contributed by atoms with E-state index in [1.165, 1.54) is 0 Å². The van der Waals surface area contributed by atoms with Crippen LogP contribution in [0.4, 0.5) is 0 Å². The number of carbonyl (C=O) groups excluding carboxylic acids is 4. The highest BCUT2D eigenvalue weighted by molar-refractivity contribution is 5.92. The summed E-state index contributed by atoms with van der Waals surface area (Å²) in [6.45, 7) is 4.48. The molecular weight excluding hydrogens is 470 g/mol. The van der Waals surface area contributed by atoms with E-state index >= 15 is 0 Å². The van der Waals surface area contributed by atoms with Gasteiger partial charge in [-0.1, -0.05) is 36.4 Å². The van der Waals surface area contributed by atoms with Gasteiger partial charge in [-0.05, 0) is 51.0 Å². The quantitative estimate of drug-likeness (QED) is 0.530. The molecule has 1 aromatic rings. The maximum absolute atomic E-state index is 13.9. The Bertz CT molecular complexity index is 1070. The second-order valence-corrected chi connectivity index (χ2v) is 10.8. The minimum absolute atomic E-state index is 0.0646. The van der Waals surface area contributed by atoms with E-state index in [0.29, 0.717) is 45.6 Å². The van der Waals surface area contributed by atoms with Crippen molar-refractivity contribution in [1.29, 1.82) is 0 Å². The van der Waals surface area contributed by atoms with E-state index < -0.39 is 11.3 Å². The summed E-state index contributed by atoms with van der Waals surface area (Å²) in [5.74, 6) is -0.696. The number of piperidine rings is 1. The summed E-state index contributed by atoms with van der Waals surface area (Å²) in [5, 5.41) is 0. The fourth-order valence-corrected chi connectivity index (χ4v) is 6.14. The Labute approximate surface area is 218 Å². The van der Waals surface area contributed by atoms with Gasteiger partial charge in [0, 0.05) is 50.1 Å². The predicted octanol–water partition coefficient (Wildman–Crippen LogP) is 3.12. The molecule has 4 aliphatic rings. The molecule has 0 radical (unpaired) electrons. The molecule has 1 saturated carbocycles. The van der Waals surface area contributed by atoms with Crippen molar-refractivity contribution < 1.29 is 23.9 Å². The fraction of sp³-hybridized carbons (Fsp3) is 0.586. The number of esters is 1. The van der Waals surface area contributed by atoms with E-state index in [4.69, 9.17) is 4.74 Å². The van der Waals surface area contributed by atoms with Gasteiger partial charge in [-0.2, -0.15) is 0 Å². The summed E-state index contributed by atoms with van der Waals surface area (Å²) in [7, 11) is 0. The standard InChI is InChI=1S/C29H37N3O5/c1-2-37-28(36)29-13-7-6-10-24(29)32(20-21-8-4-3-5-9-21)27(35)23(19-29)18-25(33)30-14-16-31(17-15-30)26(34)22-11-12-22/h3-5,8-10,22-23H,2,6-7,11-20H2,1H3/t23-,29+/m1/s1. The monoisotopic (exact) mass is 507 g/mol. The van der Waals surface area contributed by atoms with Crippen LogP contribution >= 0.6 is 0 Å². The molecule has 0 spiro atoms. The van der Waals surface area contributed by atoms with Gasteiger partial charge in [0.25, 0.3) is 0 Å². The number of benzene rings is 1. The van der Waals surface area contributed by atoms with E-state index in [-0.39, 0.29) is 42.6 Å². The molecule has 0 unspecified atom stereocenters. The summed E-state index contributed by atoms with van der Waals surface area (Å²) in [5.41, 5.74) is 0.808. The molecule has 37 heavy (non-hydrogen) atoms. The van der Waals surface area contributed by atoms with Crippen LogP contribution in [-0.2, 0) is 30.5 Å². The molecule has 8 nitrogen and oxygen atoms in total. The highest BCUT2D eigenvalue weighted by Crippen LogP contribution is 2.50. The summed E-state index contributed by atoms with van der Waals surface area (Å²) in [6, 6.07) is 9.75. The van der Waals surface area contributed by atoms with Crippen LogP contribution in [0.15, 0.2) is 42.1 Å². The van der Waals surface area contributed by atoms with E-state index in [2.05, 4.69) is 0 Å². The van der Waals surface area contributed by atoms with Crippen LogP contribution in [0.5, 0.6) is 0 Å². The third-order valence-corrected chi connectivity index (χ3v) is 8.28. The highest BCUT2D eigenvalue weighted by Gasteiger charge is 2.54. The largest absolute Gasteiger partial charge is 0.465 e. The van der Waals surface area contributed by atoms with Crippen LogP contribution in [0.2, 0.25) is 0 Å². The van der Waals surface area contributed by atoms with Gasteiger partial charge in [0.15, 0.2) is 0 Å². The first kappa shape index (κ1) is 25.5. The molecule has 1 aromatic carbocycles. The first-order chi connectivity index (χ1) is 17.9. The Balaban J connectivity index is 1.35. The van der Waals surface area contributed by atoms with Crippen LogP contribution < -0.4 is 0 Å². The van der Waals surface area contributed by atoms with Gasteiger partial charge in [-0.15, -0.1) is 0 Å². The minimum Gasteiger partial charge on any atom is -0.465 e. The highest BCUT2D eigenvalue weighted by atomic mass is 16.5. The van der Waals surface area contributed by atoms with Crippen LogP contribution in [0.25, 0.3) is 0 Å². The lowest BCUT2D eigenvalue weighted by Gasteiger charge is -2.48. The third kappa shape index (κ3) is 5.15. The zero-order valence-electron chi connectivity index (χ0n) is 21.7. The molecule has 2 atom stereocenters. The number of ether oxygens (including phenoxy) is 1. The SMILES string of the molecule is CCOC(=O)[C@]12CCCC=C1N(Cc1ccccc1)C(=O)[C@H](CC(=O)N1CCN(C(=O)C3CC3)CC1)C2. The lowest BCUT2D eigenvalue weighted by atomic mass is 9.66. The lowest BCUT2D eigenvalue weighted by molar-refractivity contribution is -0.163. The second kappa shape index (κ2) is 10.7. The van der Waals surface area contributed by atoms with Gasteiger partial charge in [0.2, 0.25) is 17.7 Å². The minimum atomic E-state index is -0.905. The van der Waals surface area contributed by atoms with Crippen molar-refractivity contribution in [2.75, 3.05) is 32.8 Å². The average molecular weight is 508 g/mol. The van der Waals surface area contributed by atoms with Gasteiger partial charge in [0.05, 0.1) is 13.2 Å². The van der Waals surface area contributed by atoms with Gasteiger partial charge >= 0.3 is 5.97 Å². The number of rotatable bonds is 7. The van der Waals surface area contributed by atoms with Gasteiger partial charge in [-0.3, -0.25) is 19.2 Å². The molecule has 8 heteroatoms. The fourth-order valence-electron chi connectivity index (χ4n) is 6.14. The molecule has 0 N–H and O–H groups in total. The average Bonchev–Trinajstić information content (AvgIpc) is 3.77. The molecule has 0 aromatic heterocycles. The third-order valence-electron chi connectivity index (χ3n) is 8.28. The number of allylic oxidation sites excluding steroid dienone is 1. The van der Waals surface area contributed by atoms with Crippen molar-refractivity contribution in [2.24, 2.45) is 17.3 Å². The summed E-state index contributed by atoms with van der Waals surface area (Å²) >= 11 is 0.